The number of rotatable bonds is 10. The molecule has 0 aromatic heterocycles. The van der Waals surface area contributed by atoms with Crippen molar-refractivity contribution in [2.24, 2.45) is 0 Å². The van der Waals surface area contributed by atoms with E-state index in [1.54, 1.807) is 7.11 Å². The summed E-state index contributed by atoms with van der Waals surface area (Å²) in [5.74, 6) is 0.943. The van der Waals surface area contributed by atoms with Gasteiger partial charge in [-0.2, -0.15) is 0 Å². The number of nitrogens with one attached hydrogen (secondary N) is 1. The summed E-state index contributed by atoms with van der Waals surface area (Å²) in [6, 6.07) is 15.4. The molecule has 3 nitrogen and oxygen atoms in total. The van der Waals surface area contributed by atoms with Crippen LogP contribution in [0.15, 0.2) is 42.5 Å². The molecule has 0 radical (unpaired) electrons. The molecule has 0 heterocycles. The zero-order chi connectivity index (χ0) is 21.5. The molecule has 1 unspecified atom stereocenters. The van der Waals surface area contributed by atoms with Crippen molar-refractivity contribution in [2.45, 2.75) is 71.6 Å². The summed E-state index contributed by atoms with van der Waals surface area (Å²) >= 11 is 0. The van der Waals surface area contributed by atoms with Gasteiger partial charge in [-0.15, -0.1) is 0 Å². The van der Waals surface area contributed by atoms with Gasteiger partial charge in [-0.1, -0.05) is 64.4 Å². The molecule has 4 heteroatoms. The second kappa shape index (κ2) is 10.6. The molecule has 0 aliphatic carbocycles. The van der Waals surface area contributed by atoms with Crippen LogP contribution in [0.25, 0.3) is 0 Å². The summed E-state index contributed by atoms with van der Waals surface area (Å²) in [5, 5.41) is 5.14. The fraction of sp³-hybridized carbons (Fsp3) is 0.520. The summed E-state index contributed by atoms with van der Waals surface area (Å²) in [5.41, 5.74) is 4.06. The lowest BCUT2D eigenvalue weighted by Gasteiger charge is -2.35. The predicted molar refractivity (Wildman–Crippen MR) is 127 cm³/mol. The van der Waals surface area contributed by atoms with Gasteiger partial charge in [-0.05, 0) is 57.5 Å². The highest BCUT2D eigenvalue weighted by Crippen LogP contribution is 2.50. The highest BCUT2D eigenvalue weighted by molar-refractivity contribution is 7.48. The summed E-state index contributed by atoms with van der Waals surface area (Å²) in [7, 11) is 2.34. The smallest absolute Gasteiger partial charge is 0.188 e. The first kappa shape index (κ1) is 23.9. The SMILES string of the molecule is CCC(CC)(Pc1ccccc1CNC(C)(C)C)c1cc(C)ccc1OCOC. The lowest BCUT2D eigenvalue weighted by atomic mass is 9.90. The maximum Gasteiger partial charge on any atom is 0.188 e. The monoisotopic (exact) mass is 415 g/mol. The Balaban J connectivity index is 2.44. The van der Waals surface area contributed by atoms with Crippen LogP contribution in [0.2, 0.25) is 0 Å². The standard InChI is InChI=1S/C25H38NO2P/c1-8-25(9-2,21-16-19(3)14-15-22(21)28-18-27-7)29-23-13-11-10-12-20(23)17-26-24(4,5)6/h10-16,26,29H,8-9,17-18H2,1-7H3. The van der Waals surface area contributed by atoms with E-state index in [-0.39, 0.29) is 17.5 Å². The average molecular weight is 416 g/mol. The first-order valence-corrected chi connectivity index (χ1v) is 11.6. The third-order valence-electron chi connectivity index (χ3n) is 5.39. The normalized spacial score (nSPS) is 12.7. The second-order valence-electron chi connectivity index (χ2n) is 8.73. The van der Waals surface area contributed by atoms with E-state index in [2.05, 4.69) is 89.3 Å². The third-order valence-corrected chi connectivity index (χ3v) is 7.60. The van der Waals surface area contributed by atoms with E-state index in [1.807, 2.05) is 0 Å². The van der Waals surface area contributed by atoms with Crippen LogP contribution in [0.4, 0.5) is 0 Å². The van der Waals surface area contributed by atoms with Crippen LogP contribution in [0.1, 0.15) is 64.2 Å². The van der Waals surface area contributed by atoms with Gasteiger partial charge in [0.1, 0.15) is 5.75 Å². The number of benzene rings is 2. The molecule has 0 spiro atoms. The van der Waals surface area contributed by atoms with E-state index in [1.165, 1.54) is 22.0 Å². The van der Waals surface area contributed by atoms with Crippen LogP contribution in [0.3, 0.4) is 0 Å². The quantitative estimate of drug-likeness (QED) is 0.388. The van der Waals surface area contributed by atoms with Crippen molar-refractivity contribution in [3.05, 3.63) is 59.2 Å². The minimum Gasteiger partial charge on any atom is -0.467 e. The lowest BCUT2D eigenvalue weighted by molar-refractivity contribution is 0.0499. The average Bonchev–Trinajstić information content (AvgIpc) is 2.70. The molecule has 1 atom stereocenters. The Morgan fingerprint density at radius 3 is 2.31 bits per heavy atom. The molecule has 1 N–H and O–H groups in total. The molecule has 0 saturated heterocycles. The largest absolute Gasteiger partial charge is 0.467 e. The van der Waals surface area contributed by atoms with Gasteiger partial charge in [0.05, 0.1) is 0 Å². The number of ether oxygens (including phenoxy) is 2. The molecular weight excluding hydrogens is 377 g/mol. The molecular formula is C25H38NO2P. The molecule has 0 saturated carbocycles. The molecule has 0 fully saturated rings. The van der Waals surface area contributed by atoms with Gasteiger partial charge in [0, 0.05) is 29.9 Å². The second-order valence-corrected chi connectivity index (χ2v) is 10.5. The van der Waals surface area contributed by atoms with Crippen LogP contribution in [0.5, 0.6) is 5.75 Å². The first-order chi connectivity index (χ1) is 13.7. The van der Waals surface area contributed by atoms with Gasteiger partial charge >= 0.3 is 0 Å². The fourth-order valence-corrected chi connectivity index (χ4v) is 5.27. The molecule has 2 aromatic carbocycles. The molecule has 2 rings (SSSR count). The van der Waals surface area contributed by atoms with E-state index >= 15 is 0 Å². The predicted octanol–water partition coefficient (Wildman–Crippen LogP) is 5.89. The topological polar surface area (TPSA) is 30.5 Å². The van der Waals surface area contributed by atoms with Gasteiger partial charge in [0.25, 0.3) is 0 Å². The third kappa shape index (κ3) is 6.54. The van der Waals surface area contributed by atoms with Crippen molar-refractivity contribution in [1.82, 2.24) is 5.32 Å². The van der Waals surface area contributed by atoms with Crippen LogP contribution in [-0.4, -0.2) is 19.4 Å². The molecule has 0 aliphatic rings. The van der Waals surface area contributed by atoms with Gasteiger partial charge in [-0.3, -0.25) is 0 Å². The van der Waals surface area contributed by atoms with E-state index in [0.29, 0.717) is 8.58 Å². The van der Waals surface area contributed by atoms with Crippen molar-refractivity contribution < 1.29 is 9.47 Å². The van der Waals surface area contributed by atoms with Crippen LogP contribution in [0, 0.1) is 6.92 Å². The number of hydrogen-bond donors (Lipinski definition) is 1. The van der Waals surface area contributed by atoms with Crippen molar-refractivity contribution >= 4 is 13.9 Å². The van der Waals surface area contributed by atoms with E-state index in [4.69, 9.17) is 9.47 Å². The zero-order valence-electron chi connectivity index (χ0n) is 19.2. The van der Waals surface area contributed by atoms with Crippen LogP contribution in [-0.2, 0) is 16.4 Å². The Bertz CT molecular complexity index is 779. The van der Waals surface area contributed by atoms with Crippen molar-refractivity contribution in [3.63, 3.8) is 0 Å². The Morgan fingerprint density at radius 2 is 1.69 bits per heavy atom. The first-order valence-electron chi connectivity index (χ1n) is 10.6. The minimum atomic E-state index is 0.0485. The molecule has 160 valence electrons. The molecule has 29 heavy (non-hydrogen) atoms. The number of methoxy groups -OCH3 is 1. The highest BCUT2D eigenvalue weighted by Gasteiger charge is 2.33. The molecule has 0 bridgehead atoms. The zero-order valence-corrected chi connectivity index (χ0v) is 20.2. The van der Waals surface area contributed by atoms with Crippen molar-refractivity contribution in [1.29, 1.82) is 0 Å². The Labute approximate surface area is 179 Å². The Hall–Kier alpha value is -1.41. The number of aryl methyl sites for hydroxylation is 1. The summed E-state index contributed by atoms with van der Waals surface area (Å²) in [6.45, 7) is 14.6. The van der Waals surface area contributed by atoms with Crippen LogP contribution < -0.4 is 15.4 Å². The summed E-state index contributed by atoms with van der Waals surface area (Å²) in [4.78, 5) is 0. The van der Waals surface area contributed by atoms with Gasteiger partial charge in [0.2, 0.25) is 0 Å². The van der Waals surface area contributed by atoms with Crippen LogP contribution >= 0.6 is 8.58 Å². The van der Waals surface area contributed by atoms with Gasteiger partial charge in [0.15, 0.2) is 6.79 Å². The van der Waals surface area contributed by atoms with E-state index in [9.17, 15) is 0 Å². The maximum atomic E-state index is 5.98. The Morgan fingerprint density at radius 1 is 1.00 bits per heavy atom. The summed E-state index contributed by atoms with van der Waals surface area (Å²) in [6.07, 6.45) is 2.13. The molecule has 0 amide bonds. The van der Waals surface area contributed by atoms with Crippen molar-refractivity contribution in [2.75, 3.05) is 13.9 Å². The van der Waals surface area contributed by atoms with Gasteiger partial charge in [-0.25, -0.2) is 0 Å². The number of hydrogen-bond acceptors (Lipinski definition) is 3. The van der Waals surface area contributed by atoms with E-state index in [0.717, 1.165) is 25.1 Å². The van der Waals surface area contributed by atoms with E-state index < -0.39 is 0 Å². The highest BCUT2D eigenvalue weighted by atomic mass is 31.1. The fourth-order valence-electron chi connectivity index (χ4n) is 3.56. The maximum absolute atomic E-state index is 5.98. The lowest BCUT2D eigenvalue weighted by Crippen LogP contribution is -2.36. The van der Waals surface area contributed by atoms with Gasteiger partial charge < -0.3 is 14.8 Å². The van der Waals surface area contributed by atoms with Crippen molar-refractivity contribution in [3.8, 4) is 5.75 Å². The summed E-state index contributed by atoms with van der Waals surface area (Å²) < 4.78 is 11.2. The Kier molecular flexibility index (Phi) is 8.70. The molecule has 0 aliphatic heterocycles. The molecule has 2 aromatic rings. The minimum absolute atomic E-state index is 0.0485.